The summed E-state index contributed by atoms with van der Waals surface area (Å²) in [5.74, 6) is 1.57. The maximum Gasteiger partial charge on any atom is 0.126 e. The summed E-state index contributed by atoms with van der Waals surface area (Å²) in [5, 5.41) is 0. The van der Waals surface area contributed by atoms with Crippen LogP contribution in [0.1, 0.15) is 22.6 Å². The van der Waals surface area contributed by atoms with Gasteiger partial charge in [-0.3, -0.25) is 4.90 Å². The minimum absolute atomic E-state index is 0.556. The van der Waals surface area contributed by atoms with Crippen LogP contribution in [0.15, 0.2) is 42.5 Å². The van der Waals surface area contributed by atoms with Gasteiger partial charge < -0.3 is 14.4 Å². The lowest BCUT2D eigenvalue weighted by atomic mass is 10.0. The van der Waals surface area contributed by atoms with Gasteiger partial charge in [0.25, 0.3) is 0 Å². The molecule has 0 N–H and O–H groups in total. The van der Waals surface area contributed by atoms with Crippen molar-refractivity contribution in [3.63, 3.8) is 0 Å². The van der Waals surface area contributed by atoms with Crippen molar-refractivity contribution in [1.29, 1.82) is 0 Å². The first-order valence-electron chi connectivity index (χ1n) is 9.52. The summed E-state index contributed by atoms with van der Waals surface area (Å²) in [6.45, 7) is 8.99. The van der Waals surface area contributed by atoms with E-state index in [1.807, 2.05) is 0 Å². The van der Waals surface area contributed by atoms with Crippen LogP contribution in [0.2, 0.25) is 0 Å². The van der Waals surface area contributed by atoms with E-state index in [0.717, 1.165) is 51.7 Å². The fraction of sp³-hybridized carbons (Fsp3) is 0.455. The molecule has 0 radical (unpaired) electrons. The van der Waals surface area contributed by atoms with E-state index in [1.54, 1.807) is 7.11 Å². The summed E-state index contributed by atoms with van der Waals surface area (Å²) in [4.78, 5) is 5.05. The standard InChI is InChI=1S/C22H28N2O2/c1-17-6-5-7-18(22(17)25-2)15-24-16-19(14-23-10-12-26-13-11-23)20-8-3-4-9-21(20)24/h3-9,19H,10-16H2,1-2H3. The Bertz CT molecular complexity index is 756. The van der Waals surface area contributed by atoms with E-state index in [2.05, 4.69) is 59.2 Å². The number of hydrogen-bond acceptors (Lipinski definition) is 4. The Hall–Kier alpha value is -2.04. The third-order valence-electron chi connectivity index (χ3n) is 5.60. The van der Waals surface area contributed by atoms with Gasteiger partial charge in [-0.2, -0.15) is 0 Å². The van der Waals surface area contributed by atoms with E-state index in [9.17, 15) is 0 Å². The van der Waals surface area contributed by atoms with Crippen LogP contribution in [-0.4, -0.2) is 51.4 Å². The van der Waals surface area contributed by atoms with Gasteiger partial charge >= 0.3 is 0 Å². The fourth-order valence-corrected chi connectivity index (χ4v) is 4.32. The largest absolute Gasteiger partial charge is 0.496 e. The van der Waals surface area contributed by atoms with E-state index in [1.165, 1.54) is 22.4 Å². The van der Waals surface area contributed by atoms with Crippen molar-refractivity contribution in [3.8, 4) is 5.75 Å². The van der Waals surface area contributed by atoms with Crippen molar-refractivity contribution in [1.82, 2.24) is 4.90 Å². The topological polar surface area (TPSA) is 24.9 Å². The molecule has 1 fully saturated rings. The maximum absolute atomic E-state index is 5.67. The number of anilines is 1. The third-order valence-corrected chi connectivity index (χ3v) is 5.60. The Morgan fingerprint density at radius 2 is 1.88 bits per heavy atom. The second-order valence-electron chi connectivity index (χ2n) is 7.32. The molecular formula is C22H28N2O2. The summed E-state index contributed by atoms with van der Waals surface area (Å²) in [6.07, 6.45) is 0. The minimum atomic E-state index is 0.556. The molecule has 1 atom stereocenters. The van der Waals surface area contributed by atoms with Gasteiger partial charge in [0.15, 0.2) is 0 Å². The van der Waals surface area contributed by atoms with Gasteiger partial charge in [0.05, 0.1) is 20.3 Å². The number of nitrogens with zero attached hydrogens (tertiary/aromatic N) is 2. The van der Waals surface area contributed by atoms with Crippen molar-refractivity contribution in [2.45, 2.75) is 19.4 Å². The number of methoxy groups -OCH3 is 1. The van der Waals surface area contributed by atoms with Crippen LogP contribution in [-0.2, 0) is 11.3 Å². The molecule has 2 heterocycles. The zero-order valence-corrected chi connectivity index (χ0v) is 15.8. The normalized spacial score (nSPS) is 20.2. The molecule has 1 saturated heterocycles. The molecule has 138 valence electrons. The molecule has 0 amide bonds. The Kier molecular flexibility index (Phi) is 5.14. The number of benzene rings is 2. The lowest BCUT2D eigenvalue weighted by Gasteiger charge is -2.29. The molecule has 2 aliphatic rings. The lowest BCUT2D eigenvalue weighted by molar-refractivity contribution is 0.0356. The summed E-state index contributed by atoms with van der Waals surface area (Å²) in [5.41, 5.74) is 5.30. The number of para-hydroxylation sites is 2. The molecule has 0 spiro atoms. The highest BCUT2D eigenvalue weighted by Crippen LogP contribution is 2.38. The van der Waals surface area contributed by atoms with Gasteiger partial charge in [-0.25, -0.2) is 0 Å². The summed E-state index contributed by atoms with van der Waals surface area (Å²) in [6, 6.07) is 15.3. The Labute approximate surface area is 156 Å². The first-order valence-corrected chi connectivity index (χ1v) is 9.52. The predicted octanol–water partition coefficient (Wildman–Crippen LogP) is 3.44. The Morgan fingerprint density at radius 3 is 2.69 bits per heavy atom. The quantitative estimate of drug-likeness (QED) is 0.823. The Morgan fingerprint density at radius 1 is 1.08 bits per heavy atom. The predicted molar refractivity (Wildman–Crippen MR) is 105 cm³/mol. The molecule has 0 bridgehead atoms. The van der Waals surface area contributed by atoms with Crippen molar-refractivity contribution in [2.75, 3.05) is 51.4 Å². The van der Waals surface area contributed by atoms with Crippen LogP contribution >= 0.6 is 0 Å². The number of hydrogen-bond donors (Lipinski definition) is 0. The molecule has 26 heavy (non-hydrogen) atoms. The number of morpholine rings is 1. The number of fused-ring (bicyclic) bond motifs is 1. The number of aryl methyl sites for hydroxylation is 1. The second kappa shape index (κ2) is 7.68. The van der Waals surface area contributed by atoms with Gasteiger partial charge in [-0.15, -0.1) is 0 Å². The highest BCUT2D eigenvalue weighted by atomic mass is 16.5. The molecule has 2 aliphatic heterocycles. The molecule has 1 unspecified atom stereocenters. The van der Waals surface area contributed by atoms with Crippen LogP contribution in [0.25, 0.3) is 0 Å². The van der Waals surface area contributed by atoms with Crippen LogP contribution in [0.3, 0.4) is 0 Å². The van der Waals surface area contributed by atoms with Crippen LogP contribution < -0.4 is 9.64 Å². The maximum atomic E-state index is 5.67. The molecule has 4 nitrogen and oxygen atoms in total. The van der Waals surface area contributed by atoms with Gasteiger partial charge in [-0.05, 0) is 24.1 Å². The SMILES string of the molecule is COc1c(C)cccc1CN1CC(CN2CCOCC2)c2ccccc21. The van der Waals surface area contributed by atoms with Crippen molar-refractivity contribution >= 4 is 5.69 Å². The molecule has 4 heteroatoms. The first-order chi connectivity index (χ1) is 12.8. The van der Waals surface area contributed by atoms with Gasteiger partial charge in [0, 0.05) is 49.9 Å². The van der Waals surface area contributed by atoms with Crippen LogP contribution in [0.5, 0.6) is 5.75 Å². The minimum Gasteiger partial charge on any atom is -0.496 e. The smallest absolute Gasteiger partial charge is 0.126 e. The first kappa shape index (κ1) is 17.4. The molecule has 2 aromatic rings. The zero-order chi connectivity index (χ0) is 17.9. The molecular weight excluding hydrogens is 324 g/mol. The average molecular weight is 352 g/mol. The highest BCUT2D eigenvalue weighted by molar-refractivity contribution is 5.61. The van der Waals surface area contributed by atoms with Gasteiger partial charge in [0.2, 0.25) is 0 Å². The van der Waals surface area contributed by atoms with Crippen molar-refractivity contribution in [2.24, 2.45) is 0 Å². The van der Waals surface area contributed by atoms with Crippen LogP contribution in [0, 0.1) is 6.92 Å². The number of rotatable bonds is 5. The summed E-state index contributed by atoms with van der Waals surface area (Å²) < 4.78 is 11.2. The van der Waals surface area contributed by atoms with E-state index in [0.29, 0.717) is 5.92 Å². The van der Waals surface area contributed by atoms with Crippen LogP contribution in [0.4, 0.5) is 5.69 Å². The Balaban J connectivity index is 1.55. The van der Waals surface area contributed by atoms with E-state index in [-0.39, 0.29) is 0 Å². The molecule has 0 saturated carbocycles. The summed E-state index contributed by atoms with van der Waals surface area (Å²) in [7, 11) is 1.77. The summed E-state index contributed by atoms with van der Waals surface area (Å²) >= 11 is 0. The highest BCUT2D eigenvalue weighted by Gasteiger charge is 2.30. The average Bonchev–Trinajstić information content (AvgIpc) is 3.00. The molecule has 0 aliphatic carbocycles. The monoisotopic (exact) mass is 352 g/mol. The van der Waals surface area contributed by atoms with E-state index in [4.69, 9.17) is 9.47 Å². The fourth-order valence-electron chi connectivity index (χ4n) is 4.32. The van der Waals surface area contributed by atoms with Crippen molar-refractivity contribution in [3.05, 3.63) is 59.2 Å². The lowest BCUT2D eigenvalue weighted by Crippen LogP contribution is -2.39. The third kappa shape index (κ3) is 3.44. The van der Waals surface area contributed by atoms with Gasteiger partial charge in [-0.1, -0.05) is 36.4 Å². The second-order valence-corrected chi connectivity index (χ2v) is 7.32. The zero-order valence-electron chi connectivity index (χ0n) is 15.8. The van der Waals surface area contributed by atoms with E-state index < -0.39 is 0 Å². The van der Waals surface area contributed by atoms with Gasteiger partial charge in [0.1, 0.15) is 5.75 Å². The van der Waals surface area contributed by atoms with Crippen molar-refractivity contribution < 1.29 is 9.47 Å². The number of ether oxygens (including phenoxy) is 2. The molecule has 0 aromatic heterocycles. The molecule has 4 rings (SSSR count). The molecule has 2 aromatic carbocycles. The van der Waals surface area contributed by atoms with E-state index >= 15 is 0 Å².